The molecule has 0 spiro atoms. The SMILES string of the molecule is CN(CC(=O)Nc1ccc(Cl)c(Cl)c1)C(=O)CC1CSCCN1. The molecule has 8 heteroatoms. The predicted octanol–water partition coefficient (Wildman–Crippen LogP) is 2.49. The molecule has 23 heavy (non-hydrogen) atoms. The minimum atomic E-state index is -0.273. The van der Waals surface area contributed by atoms with E-state index in [1.807, 2.05) is 11.8 Å². The topological polar surface area (TPSA) is 61.4 Å². The number of carbonyl (C=O) groups excluding carboxylic acids is 2. The van der Waals surface area contributed by atoms with Crippen molar-refractivity contribution in [3.8, 4) is 0 Å². The number of hydrogen-bond acceptors (Lipinski definition) is 4. The average Bonchev–Trinajstić information content (AvgIpc) is 2.51. The summed E-state index contributed by atoms with van der Waals surface area (Å²) < 4.78 is 0. The Bertz CT molecular complexity index is 580. The molecule has 1 saturated heterocycles. The van der Waals surface area contributed by atoms with Crippen molar-refractivity contribution >= 4 is 52.5 Å². The van der Waals surface area contributed by atoms with Crippen LogP contribution in [0.3, 0.4) is 0 Å². The first-order valence-electron chi connectivity index (χ1n) is 7.25. The van der Waals surface area contributed by atoms with E-state index in [-0.39, 0.29) is 24.4 Å². The van der Waals surface area contributed by atoms with E-state index >= 15 is 0 Å². The van der Waals surface area contributed by atoms with Gasteiger partial charge in [-0.15, -0.1) is 0 Å². The zero-order valence-corrected chi connectivity index (χ0v) is 15.1. The summed E-state index contributed by atoms with van der Waals surface area (Å²) in [4.78, 5) is 25.6. The summed E-state index contributed by atoms with van der Waals surface area (Å²) in [5, 5.41) is 6.81. The zero-order chi connectivity index (χ0) is 16.8. The van der Waals surface area contributed by atoms with E-state index in [1.54, 1.807) is 25.2 Å². The molecule has 2 N–H and O–H groups in total. The zero-order valence-electron chi connectivity index (χ0n) is 12.8. The third-order valence-electron chi connectivity index (χ3n) is 3.43. The van der Waals surface area contributed by atoms with Gasteiger partial charge in [0.1, 0.15) is 0 Å². The number of rotatable bonds is 5. The molecule has 1 aliphatic heterocycles. The lowest BCUT2D eigenvalue weighted by molar-refractivity contribution is -0.133. The quantitative estimate of drug-likeness (QED) is 0.829. The maximum absolute atomic E-state index is 12.2. The van der Waals surface area contributed by atoms with Crippen LogP contribution in [0.5, 0.6) is 0 Å². The monoisotopic (exact) mass is 375 g/mol. The van der Waals surface area contributed by atoms with E-state index in [0.717, 1.165) is 18.1 Å². The molecular weight excluding hydrogens is 357 g/mol. The minimum absolute atomic E-state index is 0.00105. The molecule has 0 aromatic heterocycles. The molecule has 2 rings (SSSR count). The molecule has 0 bridgehead atoms. The van der Waals surface area contributed by atoms with Crippen LogP contribution in [0.25, 0.3) is 0 Å². The second-order valence-corrected chi connectivity index (χ2v) is 7.32. The molecule has 1 atom stereocenters. The highest BCUT2D eigenvalue weighted by Crippen LogP contribution is 2.24. The number of anilines is 1. The standard InChI is InChI=1S/C15H19Cl2N3O2S/c1-20(15(22)7-11-9-23-5-4-18-11)8-14(21)19-10-2-3-12(16)13(17)6-10/h2-3,6,11,18H,4-5,7-9H2,1H3,(H,19,21). The smallest absolute Gasteiger partial charge is 0.243 e. The van der Waals surface area contributed by atoms with Gasteiger partial charge in [-0.1, -0.05) is 23.2 Å². The Morgan fingerprint density at radius 3 is 2.83 bits per heavy atom. The van der Waals surface area contributed by atoms with Crippen molar-refractivity contribution in [3.05, 3.63) is 28.2 Å². The molecule has 1 aromatic carbocycles. The molecule has 0 saturated carbocycles. The summed E-state index contributed by atoms with van der Waals surface area (Å²) in [6.45, 7) is 0.920. The van der Waals surface area contributed by atoms with Gasteiger partial charge in [-0.05, 0) is 18.2 Å². The van der Waals surface area contributed by atoms with Crippen molar-refractivity contribution in [1.29, 1.82) is 0 Å². The first kappa shape index (κ1) is 18.4. The second-order valence-electron chi connectivity index (χ2n) is 5.36. The van der Waals surface area contributed by atoms with Crippen molar-refractivity contribution in [1.82, 2.24) is 10.2 Å². The Morgan fingerprint density at radius 1 is 1.39 bits per heavy atom. The van der Waals surface area contributed by atoms with E-state index in [1.165, 1.54) is 4.90 Å². The van der Waals surface area contributed by atoms with Crippen molar-refractivity contribution < 1.29 is 9.59 Å². The van der Waals surface area contributed by atoms with Crippen LogP contribution >= 0.6 is 35.0 Å². The van der Waals surface area contributed by atoms with Gasteiger partial charge in [0.05, 0.1) is 16.6 Å². The molecule has 0 aliphatic carbocycles. The highest BCUT2D eigenvalue weighted by molar-refractivity contribution is 7.99. The van der Waals surface area contributed by atoms with Gasteiger partial charge in [-0.25, -0.2) is 0 Å². The molecule has 126 valence electrons. The number of benzene rings is 1. The van der Waals surface area contributed by atoms with Crippen LogP contribution in [0.1, 0.15) is 6.42 Å². The third kappa shape index (κ3) is 5.88. The van der Waals surface area contributed by atoms with Crippen LogP contribution in [-0.2, 0) is 9.59 Å². The van der Waals surface area contributed by atoms with E-state index in [9.17, 15) is 9.59 Å². The van der Waals surface area contributed by atoms with Crippen molar-refractivity contribution in [2.75, 3.05) is 37.0 Å². The Kier molecular flexibility index (Phi) is 7.02. The number of hydrogen-bond donors (Lipinski definition) is 2. The number of likely N-dealkylation sites (N-methyl/N-ethyl adjacent to an activating group) is 1. The Balaban J connectivity index is 1.81. The van der Waals surface area contributed by atoms with E-state index < -0.39 is 0 Å². The molecule has 1 aromatic rings. The highest BCUT2D eigenvalue weighted by Gasteiger charge is 2.20. The number of halogens is 2. The van der Waals surface area contributed by atoms with Crippen LogP contribution in [0.4, 0.5) is 5.69 Å². The maximum Gasteiger partial charge on any atom is 0.243 e. The molecular formula is C15H19Cl2N3O2S. The van der Waals surface area contributed by atoms with Gasteiger partial charge in [-0.2, -0.15) is 11.8 Å². The van der Waals surface area contributed by atoms with Crippen LogP contribution in [0.15, 0.2) is 18.2 Å². The van der Waals surface area contributed by atoms with Gasteiger partial charge in [0.15, 0.2) is 0 Å². The Labute approximate surface area is 150 Å². The lowest BCUT2D eigenvalue weighted by Gasteiger charge is -2.25. The maximum atomic E-state index is 12.2. The van der Waals surface area contributed by atoms with Gasteiger partial charge >= 0.3 is 0 Å². The third-order valence-corrected chi connectivity index (χ3v) is 5.30. The van der Waals surface area contributed by atoms with Crippen LogP contribution in [0, 0.1) is 0 Å². The molecule has 1 heterocycles. The number of carbonyl (C=O) groups is 2. The van der Waals surface area contributed by atoms with Crippen LogP contribution < -0.4 is 10.6 Å². The molecule has 0 radical (unpaired) electrons. The summed E-state index contributed by atoms with van der Waals surface area (Å²) >= 11 is 13.6. The van der Waals surface area contributed by atoms with Gasteiger partial charge in [0, 0.05) is 43.2 Å². The normalized spacial score (nSPS) is 17.6. The van der Waals surface area contributed by atoms with Gasteiger partial charge in [-0.3, -0.25) is 9.59 Å². The van der Waals surface area contributed by atoms with Crippen LogP contribution in [-0.4, -0.2) is 54.4 Å². The largest absolute Gasteiger partial charge is 0.336 e. The van der Waals surface area contributed by atoms with Gasteiger partial charge < -0.3 is 15.5 Å². The fraction of sp³-hybridized carbons (Fsp3) is 0.467. The molecule has 1 fully saturated rings. The lowest BCUT2D eigenvalue weighted by atomic mass is 10.2. The summed E-state index contributed by atoms with van der Waals surface area (Å²) in [6.07, 6.45) is 0.406. The fourth-order valence-corrected chi connectivity index (χ4v) is 3.44. The van der Waals surface area contributed by atoms with E-state index in [2.05, 4.69) is 10.6 Å². The first-order valence-corrected chi connectivity index (χ1v) is 9.17. The molecule has 5 nitrogen and oxygen atoms in total. The number of amides is 2. The first-order chi connectivity index (χ1) is 11.0. The lowest BCUT2D eigenvalue weighted by Crippen LogP contribution is -2.43. The minimum Gasteiger partial charge on any atom is -0.336 e. The Hall–Kier alpha value is -0.950. The number of nitrogens with zero attached hydrogens (tertiary/aromatic N) is 1. The molecule has 1 unspecified atom stereocenters. The van der Waals surface area contributed by atoms with Crippen LogP contribution in [0.2, 0.25) is 10.0 Å². The Morgan fingerprint density at radius 2 is 2.17 bits per heavy atom. The molecule has 2 amide bonds. The van der Waals surface area contributed by atoms with E-state index in [0.29, 0.717) is 22.2 Å². The van der Waals surface area contributed by atoms with Crippen molar-refractivity contribution in [2.24, 2.45) is 0 Å². The predicted molar refractivity (Wildman–Crippen MR) is 96.5 cm³/mol. The number of thioether (sulfide) groups is 1. The summed E-state index contributed by atoms with van der Waals surface area (Å²) in [5.41, 5.74) is 0.551. The summed E-state index contributed by atoms with van der Waals surface area (Å²) in [6, 6.07) is 5.03. The highest BCUT2D eigenvalue weighted by atomic mass is 35.5. The summed E-state index contributed by atoms with van der Waals surface area (Å²) in [7, 11) is 1.63. The van der Waals surface area contributed by atoms with Gasteiger partial charge in [0.2, 0.25) is 11.8 Å². The van der Waals surface area contributed by atoms with Crippen molar-refractivity contribution in [3.63, 3.8) is 0 Å². The number of nitrogens with one attached hydrogen (secondary N) is 2. The fourth-order valence-electron chi connectivity index (χ4n) is 2.20. The molecule has 1 aliphatic rings. The summed E-state index contributed by atoms with van der Waals surface area (Å²) in [5.74, 6) is 1.68. The van der Waals surface area contributed by atoms with E-state index in [4.69, 9.17) is 23.2 Å². The van der Waals surface area contributed by atoms with Crippen molar-refractivity contribution in [2.45, 2.75) is 12.5 Å². The second kappa shape index (κ2) is 8.78. The van der Waals surface area contributed by atoms with Gasteiger partial charge in [0.25, 0.3) is 0 Å². The average molecular weight is 376 g/mol.